The summed E-state index contributed by atoms with van der Waals surface area (Å²) in [5.41, 5.74) is 2.69. The van der Waals surface area contributed by atoms with Crippen molar-refractivity contribution < 1.29 is 4.79 Å². The van der Waals surface area contributed by atoms with Crippen LogP contribution in [0.4, 0.5) is 5.82 Å². The second-order valence-electron chi connectivity index (χ2n) is 4.50. The molecule has 3 N–H and O–H groups in total. The largest absolute Gasteiger partial charge is 0.337 e. The van der Waals surface area contributed by atoms with Gasteiger partial charge in [0.05, 0.1) is 0 Å². The monoisotopic (exact) mass is 291 g/mol. The van der Waals surface area contributed by atoms with Gasteiger partial charge in [-0.05, 0) is 30.5 Å². The lowest BCUT2D eigenvalue weighted by Gasteiger charge is -2.24. The molecule has 6 nitrogen and oxygen atoms in total. The van der Waals surface area contributed by atoms with Crippen molar-refractivity contribution in [3.8, 4) is 0 Å². The standard InChI is InChI=1S/C13H17N5OS/c1-9(8-10-4-3-7-20-10)18(2)13(19)11-5-6-12(15-14)17-16-11/h3-7,9H,8,14H2,1-2H3,(H,15,17). The second kappa shape index (κ2) is 6.44. The molecule has 2 aromatic heterocycles. The minimum Gasteiger partial charge on any atom is -0.337 e. The van der Waals surface area contributed by atoms with Crippen LogP contribution in [0.15, 0.2) is 29.6 Å². The van der Waals surface area contributed by atoms with E-state index in [0.717, 1.165) is 6.42 Å². The van der Waals surface area contributed by atoms with Gasteiger partial charge in [-0.25, -0.2) is 5.84 Å². The molecule has 2 heterocycles. The molecule has 2 rings (SSSR count). The van der Waals surface area contributed by atoms with E-state index in [9.17, 15) is 4.79 Å². The maximum atomic E-state index is 12.3. The lowest BCUT2D eigenvalue weighted by atomic mass is 10.1. The highest BCUT2D eigenvalue weighted by Gasteiger charge is 2.19. The number of rotatable bonds is 5. The SMILES string of the molecule is CC(Cc1cccs1)N(C)C(=O)c1ccc(NN)nn1. The molecule has 1 unspecified atom stereocenters. The first-order valence-electron chi connectivity index (χ1n) is 6.21. The van der Waals surface area contributed by atoms with E-state index in [1.165, 1.54) is 4.88 Å². The van der Waals surface area contributed by atoms with Gasteiger partial charge in [-0.3, -0.25) is 4.79 Å². The molecule has 0 saturated carbocycles. The van der Waals surface area contributed by atoms with Gasteiger partial charge >= 0.3 is 0 Å². The number of thiophene rings is 1. The number of amides is 1. The Labute approximate surface area is 121 Å². The molecule has 1 amide bonds. The van der Waals surface area contributed by atoms with E-state index in [0.29, 0.717) is 11.5 Å². The fourth-order valence-corrected chi connectivity index (χ4v) is 2.59. The van der Waals surface area contributed by atoms with Crippen molar-refractivity contribution in [3.05, 3.63) is 40.2 Å². The number of hydrazine groups is 1. The first-order chi connectivity index (χ1) is 9.61. The Morgan fingerprint density at radius 3 is 2.80 bits per heavy atom. The number of nitrogens with zero attached hydrogens (tertiary/aromatic N) is 3. The molecule has 0 aromatic carbocycles. The van der Waals surface area contributed by atoms with Gasteiger partial charge in [-0.15, -0.1) is 21.5 Å². The Morgan fingerprint density at radius 1 is 1.45 bits per heavy atom. The molecule has 0 spiro atoms. The normalized spacial score (nSPS) is 11.9. The summed E-state index contributed by atoms with van der Waals surface area (Å²) < 4.78 is 0. The van der Waals surface area contributed by atoms with Crippen LogP contribution in [0.3, 0.4) is 0 Å². The zero-order valence-electron chi connectivity index (χ0n) is 11.4. The molecular weight excluding hydrogens is 274 g/mol. The molecule has 20 heavy (non-hydrogen) atoms. The Morgan fingerprint density at radius 2 is 2.25 bits per heavy atom. The van der Waals surface area contributed by atoms with Gasteiger partial charge in [0.25, 0.3) is 5.91 Å². The van der Waals surface area contributed by atoms with Crippen LogP contribution in [0.1, 0.15) is 22.3 Å². The van der Waals surface area contributed by atoms with Crippen LogP contribution in [0.2, 0.25) is 0 Å². The van der Waals surface area contributed by atoms with Crippen molar-refractivity contribution in [1.29, 1.82) is 0 Å². The van der Waals surface area contributed by atoms with Gasteiger partial charge in [0.2, 0.25) is 0 Å². The van der Waals surface area contributed by atoms with Gasteiger partial charge in [0.15, 0.2) is 11.5 Å². The topological polar surface area (TPSA) is 84.1 Å². The van der Waals surface area contributed by atoms with Crippen LogP contribution >= 0.6 is 11.3 Å². The third kappa shape index (κ3) is 3.31. The molecule has 0 aliphatic heterocycles. The fraction of sp³-hybridized carbons (Fsp3) is 0.308. The first kappa shape index (κ1) is 14.4. The summed E-state index contributed by atoms with van der Waals surface area (Å²) in [6.07, 6.45) is 0.829. The maximum absolute atomic E-state index is 12.3. The third-order valence-electron chi connectivity index (χ3n) is 3.09. The fourth-order valence-electron chi connectivity index (χ4n) is 1.76. The van der Waals surface area contributed by atoms with Gasteiger partial charge in [0.1, 0.15) is 0 Å². The number of hydrogen-bond donors (Lipinski definition) is 2. The number of carbonyl (C=O) groups is 1. The van der Waals surface area contributed by atoms with Crippen LogP contribution in [-0.4, -0.2) is 34.1 Å². The predicted octanol–water partition coefficient (Wildman–Crippen LogP) is 1.53. The van der Waals surface area contributed by atoms with E-state index in [1.54, 1.807) is 35.4 Å². The van der Waals surface area contributed by atoms with E-state index in [4.69, 9.17) is 5.84 Å². The van der Waals surface area contributed by atoms with Crippen LogP contribution in [0, 0.1) is 0 Å². The predicted molar refractivity (Wildman–Crippen MR) is 79.4 cm³/mol. The van der Waals surface area contributed by atoms with Crippen molar-refractivity contribution in [3.63, 3.8) is 0 Å². The number of aromatic nitrogens is 2. The average Bonchev–Trinajstić information content (AvgIpc) is 2.98. The van der Waals surface area contributed by atoms with E-state index in [2.05, 4.69) is 21.7 Å². The second-order valence-corrected chi connectivity index (χ2v) is 5.53. The van der Waals surface area contributed by atoms with Crippen molar-refractivity contribution in [2.75, 3.05) is 12.5 Å². The minimum atomic E-state index is -0.148. The molecular formula is C13H17N5OS. The number of nitrogen functional groups attached to an aromatic ring is 1. The van der Waals surface area contributed by atoms with Gasteiger partial charge < -0.3 is 10.3 Å². The highest BCUT2D eigenvalue weighted by molar-refractivity contribution is 7.09. The van der Waals surface area contributed by atoms with E-state index < -0.39 is 0 Å². The first-order valence-corrected chi connectivity index (χ1v) is 7.09. The summed E-state index contributed by atoms with van der Waals surface area (Å²) in [7, 11) is 1.78. The van der Waals surface area contributed by atoms with Crippen molar-refractivity contribution in [2.24, 2.45) is 5.84 Å². The van der Waals surface area contributed by atoms with Gasteiger partial charge in [-0.2, -0.15) is 0 Å². The smallest absolute Gasteiger partial charge is 0.274 e. The van der Waals surface area contributed by atoms with Crippen molar-refractivity contribution >= 4 is 23.1 Å². The summed E-state index contributed by atoms with van der Waals surface area (Å²) in [5.74, 6) is 5.49. The highest BCUT2D eigenvalue weighted by atomic mass is 32.1. The zero-order chi connectivity index (χ0) is 14.5. The molecule has 0 saturated heterocycles. The summed E-state index contributed by atoms with van der Waals surface area (Å²) in [5, 5.41) is 9.71. The molecule has 0 bridgehead atoms. The zero-order valence-corrected chi connectivity index (χ0v) is 12.2. The lowest BCUT2D eigenvalue weighted by molar-refractivity contribution is 0.0737. The van der Waals surface area contributed by atoms with Crippen LogP contribution in [-0.2, 0) is 6.42 Å². The minimum absolute atomic E-state index is 0.0928. The molecule has 1 atom stereocenters. The summed E-state index contributed by atoms with van der Waals surface area (Å²) in [6.45, 7) is 2.01. The number of nitrogens with one attached hydrogen (secondary N) is 1. The number of anilines is 1. The van der Waals surface area contributed by atoms with Crippen LogP contribution < -0.4 is 11.3 Å². The number of likely N-dealkylation sites (N-methyl/N-ethyl adjacent to an activating group) is 1. The Hall–Kier alpha value is -1.99. The summed E-state index contributed by atoms with van der Waals surface area (Å²) >= 11 is 1.69. The molecule has 0 radical (unpaired) electrons. The number of nitrogens with two attached hydrogens (primary N) is 1. The third-order valence-corrected chi connectivity index (χ3v) is 3.99. The summed E-state index contributed by atoms with van der Waals surface area (Å²) in [6, 6.07) is 7.41. The van der Waals surface area contributed by atoms with E-state index in [-0.39, 0.29) is 11.9 Å². The average molecular weight is 291 g/mol. The van der Waals surface area contributed by atoms with Crippen LogP contribution in [0.5, 0.6) is 0 Å². The molecule has 106 valence electrons. The number of carbonyl (C=O) groups excluding carboxylic acids is 1. The molecule has 7 heteroatoms. The van der Waals surface area contributed by atoms with E-state index >= 15 is 0 Å². The highest BCUT2D eigenvalue weighted by Crippen LogP contribution is 2.14. The van der Waals surface area contributed by atoms with Crippen LogP contribution in [0.25, 0.3) is 0 Å². The maximum Gasteiger partial charge on any atom is 0.274 e. The van der Waals surface area contributed by atoms with Crippen molar-refractivity contribution in [1.82, 2.24) is 15.1 Å². The van der Waals surface area contributed by atoms with Crippen molar-refractivity contribution in [2.45, 2.75) is 19.4 Å². The molecule has 0 aliphatic rings. The quantitative estimate of drug-likeness (QED) is 0.644. The molecule has 2 aromatic rings. The van der Waals surface area contributed by atoms with E-state index in [1.807, 2.05) is 18.4 Å². The van der Waals surface area contributed by atoms with Gasteiger partial charge in [-0.1, -0.05) is 6.07 Å². The Kier molecular flexibility index (Phi) is 4.65. The Balaban J connectivity index is 2.03. The van der Waals surface area contributed by atoms with Gasteiger partial charge in [0, 0.05) is 24.4 Å². The number of hydrogen-bond acceptors (Lipinski definition) is 6. The lowest BCUT2D eigenvalue weighted by Crippen LogP contribution is -2.36. The molecule has 0 aliphatic carbocycles. The summed E-state index contributed by atoms with van der Waals surface area (Å²) in [4.78, 5) is 15.2. The molecule has 0 fully saturated rings. The Bertz CT molecular complexity index is 555.